The van der Waals surface area contributed by atoms with Gasteiger partial charge >= 0.3 is 12.0 Å². The zero-order chi connectivity index (χ0) is 9.80. The molecule has 0 aromatic carbocycles. The van der Waals surface area contributed by atoms with E-state index in [1.54, 1.807) is 0 Å². The second-order valence-electron chi connectivity index (χ2n) is 3.38. The first-order valence-electron chi connectivity index (χ1n) is 4.75. The van der Waals surface area contributed by atoms with Crippen LogP contribution in [0.1, 0.15) is 12.8 Å². The van der Waals surface area contributed by atoms with Crippen LogP contribution >= 0.6 is 11.8 Å². The van der Waals surface area contributed by atoms with E-state index in [9.17, 15) is 0 Å². The Hall–Kier alpha value is -0.910. The van der Waals surface area contributed by atoms with E-state index in [2.05, 4.69) is 15.5 Å². The van der Waals surface area contributed by atoms with Gasteiger partial charge in [0.2, 0.25) is 0 Å². The van der Waals surface area contributed by atoms with Crippen molar-refractivity contribution < 1.29 is 4.42 Å². The quantitative estimate of drug-likeness (QED) is 0.787. The first kappa shape index (κ1) is 9.64. The molecule has 3 N–H and O–H groups in total. The molecule has 0 aliphatic carbocycles. The lowest BCUT2D eigenvalue weighted by atomic mass is 10.0. The molecule has 2 heterocycles. The van der Waals surface area contributed by atoms with E-state index in [0.29, 0.717) is 6.01 Å². The molecule has 1 saturated heterocycles. The van der Waals surface area contributed by atoms with Crippen LogP contribution in [0.4, 0.5) is 12.0 Å². The summed E-state index contributed by atoms with van der Waals surface area (Å²) in [4.78, 5) is 0. The van der Waals surface area contributed by atoms with Crippen LogP contribution in [-0.2, 0) is 0 Å². The van der Waals surface area contributed by atoms with E-state index in [1.165, 1.54) is 24.3 Å². The van der Waals surface area contributed by atoms with Crippen molar-refractivity contribution in [1.29, 1.82) is 0 Å². The van der Waals surface area contributed by atoms with Crippen LogP contribution in [0.3, 0.4) is 0 Å². The van der Waals surface area contributed by atoms with Crippen molar-refractivity contribution in [2.24, 2.45) is 5.92 Å². The molecular formula is C8H14N4OS. The fraction of sp³-hybridized carbons (Fsp3) is 0.750. The van der Waals surface area contributed by atoms with Crippen molar-refractivity contribution in [2.75, 3.05) is 29.1 Å². The van der Waals surface area contributed by atoms with Crippen LogP contribution < -0.4 is 11.1 Å². The largest absolute Gasteiger partial charge is 0.390 e. The molecule has 1 aromatic rings. The lowest BCUT2D eigenvalue weighted by Gasteiger charge is -2.20. The van der Waals surface area contributed by atoms with Gasteiger partial charge in [-0.25, -0.2) is 0 Å². The highest BCUT2D eigenvalue weighted by atomic mass is 32.2. The Morgan fingerprint density at radius 1 is 1.43 bits per heavy atom. The van der Waals surface area contributed by atoms with Crippen LogP contribution in [0.15, 0.2) is 4.42 Å². The van der Waals surface area contributed by atoms with Crippen LogP contribution in [0.5, 0.6) is 0 Å². The molecule has 0 amide bonds. The standard InChI is InChI=1S/C8H14N4OS/c9-7-11-12-8(13-7)10-5-6-1-3-14-4-2-6/h6H,1-5H2,(H2,9,11)(H,10,12). The molecule has 2 rings (SSSR count). The van der Waals surface area contributed by atoms with Gasteiger partial charge in [-0.1, -0.05) is 10.2 Å². The Kier molecular flexibility index (Phi) is 3.13. The monoisotopic (exact) mass is 214 g/mol. The molecule has 0 atom stereocenters. The summed E-state index contributed by atoms with van der Waals surface area (Å²) >= 11 is 2.03. The SMILES string of the molecule is Nc1nnc(NCC2CCSCC2)o1. The maximum Gasteiger partial charge on any atom is 0.316 e. The molecule has 14 heavy (non-hydrogen) atoms. The van der Waals surface area contributed by atoms with Gasteiger partial charge < -0.3 is 15.5 Å². The summed E-state index contributed by atoms with van der Waals surface area (Å²) in [5.74, 6) is 3.25. The maximum absolute atomic E-state index is 5.30. The van der Waals surface area contributed by atoms with Gasteiger partial charge in [0.05, 0.1) is 0 Å². The van der Waals surface area contributed by atoms with Gasteiger partial charge in [0.15, 0.2) is 0 Å². The summed E-state index contributed by atoms with van der Waals surface area (Å²) in [5, 5.41) is 10.4. The molecule has 5 nitrogen and oxygen atoms in total. The van der Waals surface area contributed by atoms with Gasteiger partial charge in [-0.05, 0) is 30.3 Å². The Labute approximate surface area is 86.8 Å². The smallest absolute Gasteiger partial charge is 0.316 e. The molecule has 0 radical (unpaired) electrons. The normalized spacial score (nSPS) is 18.3. The predicted octanol–water partition coefficient (Wildman–Crippen LogP) is 1.21. The van der Waals surface area contributed by atoms with Crippen LogP contribution in [-0.4, -0.2) is 28.2 Å². The number of nitrogen functional groups attached to an aromatic ring is 1. The van der Waals surface area contributed by atoms with Gasteiger partial charge in [-0.3, -0.25) is 0 Å². The molecule has 0 unspecified atom stereocenters. The van der Waals surface area contributed by atoms with Crippen LogP contribution in [0.25, 0.3) is 0 Å². The van der Waals surface area contributed by atoms with E-state index >= 15 is 0 Å². The molecule has 6 heteroatoms. The summed E-state index contributed by atoms with van der Waals surface area (Å²) in [6, 6.07) is 0.549. The number of thioether (sulfide) groups is 1. The van der Waals surface area contributed by atoms with Crippen molar-refractivity contribution in [1.82, 2.24) is 10.2 Å². The van der Waals surface area contributed by atoms with Gasteiger partial charge in [-0.15, -0.1) is 0 Å². The number of nitrogens with two attached hydrogens (primary N) is 1. The summed E-state index contributed by atoms with van der Waals surface area (Å²) < 4.78 is 5.01. The second kappa shape index (κ2) is 4.54. The van der Waals surface area contributed by atoms with Gasteiger partial charge in [0.25, 0.3) is 0 Å². The van der Waals surface area contributed by atoms with Crippen molar-refractivity contribution in [2.45, 2.75) is 12.8 Å². The Balaban J connectivity index is 1.76. The van der Waals surface area contributed by atoms with Crippen molar-refractivity contribution in [3.05, 3.63) is 0 Å². The van der Waals surface area contributed by atoms with E-state index in [1.807, 2.05) is 11.8 Å². The van der Waals surface area contributed by atoms with E-state index in [0.717, 1.165) is 12.5 Å². The average molecular weight is 214 g/mol. The third kappa shape index (κ3) is 2.54. The zero-order valence-corrected chi connectivity index (χ0v) is 8.72. The highest BCUT2D eigenvalue weighted by Crippen LogP contribution is 2.22. The first-order valence-corrected chi connectivity index (χ1v) is 5.90. The summed E-state index contributed by atoms with van der Waals surface area (Å²) in [6.07, 6.45) is 2.53. The molecular weight excluding hydrogens is 200 g/mol. The van der Waals surface area contributed by atoms with E-state index in [4.69, 9.17) is 10.2 Å². The molecule has 1 aliphatic heterocycles. The first-order chi connectivity index (χ1) is 6.84. The molecule has 0 bridgehead atoms. The van der Waals surface area contributed by atoms with E-state index in [-0.39, 0.29) is 6.01 Å². The minimum atomic E-state index is 0.117. The molecule has 0 saturated carbocycles. The van der Waals surface area contributed by atoms with E-state index < -0.39 is 0 Å². The van der Waals surface area contributed by atoms with Crippen molar-refractivity contribution in [3.8, 4) is 0 Å². The molecule has 0 spiro atoms. The third-order valence-electron chi connectivity index (χ3n) is 2.32. The summed E-state index contributed by atoms with van der Waals surface area (Å²) in [7, 11) is 0. The summed E-state index contributed by atoms with van der Waals surface area (Å²) in [6.45, 7) is 0.905. The Morgan fingerprint density at radius 2 is 2.21 bits per heavy atom. The van der Waals surface area contributed by atoms with Gasteiger partial charge in [-0.2, -0.15) is 11.8 Å². The molecule has 1 aliphatic rings. The number of nitrogens with zero attached hydrogens (tertiary/aromatic N) is 2. The number of hydrogen-bond acceptors (Lipinski definition) is 6. The second-order valence-corrected chi connectivity index (χ2v) is 4.61. The number of hydrogen-bond donors (Lipinski definition) is 2. The third-order valence-corrected chi connectivity index (χ3v) is 3.37. The minimum Gasteiger partial charge on any atom is -0.390 e. The fourth-order valence-electron chi connectivity index (χ4n) is 1.49. The lowest BCUT2D eigenvalue weighted by molar-refractivity contribution is 0.502. The highest BCUT2D eigenvalue weighted by Gasteiger charge is 2.14. The Bertz CT molecular complexity index is 285. The maximum atomic E-state index is 5.30. The molecule has 1 fully saturated rings. The van der Waals surface area contributed by atoms with Crippen LogP contribution in [0, 0.1) is 5.92 Å². The fourth-order valence-corrected chi connectivity index (χ4v) is 2.69. The number of anilines is 2. The Morgan fingerprint density at radius 3 is 2.86 bits per heavy atom. The van der Waals surface area contributed by atoms with Gasteiger partial charge in [0.1, 0.15) is 0 Å². The summed E-state index contributed by atoms with van der Waals surface area (Å²) in [5.41, 5.74) is 5.30. The number of nitrogens with one attached hydrogen (secondary N) is 1. The molecule has 78 valence electrons. The van der Waals surface area contributed by atoms with Crippen molar-refractivity contribution in [3.63, 3.8) is 0 Å². The van der Waals surface area contributed by atoms with Gasteiger partial charge in [0, 0.05) is 6.54 Å². The van der Waals surface area contributed by atoms with Crippen molar-refractivity contribution >= 4 is 23.8 Å². The topological polar surface area (TPSA) is 77.0 Å². The highest BCUT2D eigenvalue weighted by molar-refractivity contribution is 7.99. The zero-order valence-electron chi connectivity index (χ0n) is 7.90. The number of aromatic nitrogens is 2. The average Bonchev–Trinajstić information content (AvgIpc) is 2.63. The lowest BCUT2D eigenvalue weighted by Crippen LogP contribution is -2.19. The molecule has 1 aromatic heterocycles. The predicted molar refractivity (Wildman–Crippen MR) is 57.2 cm³/mol. The number of rotatable bonds is 3. The van der Waals surface area contributed by atoms with Crippen LogP contribution in [0.2, 0.25) is 0 Å². The minimum absolute atomic E-state index is 0.117.